The zero-order chi connectivity index (χ0) is 20.7. The summed E-state index contributed by atoms with van der Waals surface area (Å²) in [4.78, 5) is 37.7. The Labute approximate surface area is 166 Å². The molecule has 6 nitrogen and oxygen atoms in total. The number of carbonyl (C=O) groups is 3. The number of rotatable bonds is 9. The number of imide groups is 1. The van der Waals surface area contributed by atoms with E-state index in [0.29, 0.717) is 5.56 Å². The fraction of sp³-hybridized carbons (Fsp3) is 0.421. The molecule has 0 spiro atoms. The number of hydrogen-bond donors (Lipinski definition) is 1. The van der Waals surface area contributed by atoms with Gasteiger partial charge in [0.05, 0.1) is 4.91 Å². The molecule has 1 aliphatic heterocycles. The van der Waals surface area contributed by atoms with Gasteiger partial charge in [0.2, 0.25) is 5.91 Å². The SMILES string of the molecule is CCCC(C)C(=O)NCCN1C(=O)S/C(=C\c2ccc(OC(F)F)cc2)C1=O. The average Bonchev–Trinajstić information content (AvgIpc) is 2.90. The highest BCUT2D eigenvalue weighted by Gasteiger charge is 2.34. The third-order valence-electron chi connectivity index (χ3n) is 4.08. The first-order valence-electron chi connectivity index (χ1n) is 8.89. The lowest BCUT2D eigenvalue weighted by Crippen LogP contribution is -2.38. The molecule has 1 heterocycles. The van der Waals surface area contributed by atoms with Gasteiger partial charge in [-0.05, 0) is 42.0 Å². The molecule has 0 aromatic heterocycles. The molecule has 1 unspecified atom stereocenters. The number of amides is 3. The van der Waals surface area contributed by atoms with Crippen molar-refractivity contribution in [2.75, 3.05) is 13.1 Å². The highest BCUT2D eigenvalue weighted by molar-refractivity contribution is 8.18. The summed E-state index contributed by atoms with van der Waals surface area (Å²) in [5, 5.41) is 2.32. The number of halogens is 2. The molecule has 3 amide bonds. The van der Waals surface area contributed by atoms with Crippen molar-refractivity contribution in [3.8, 4) is 5.75 Å². The van der Waals surface area contributed by atoms with Crippen LogP contribution in [-0.2, 0) is 9.59 Å². The molecule has 0 aliphatic carbocycles. The second-order valence-electron chi connectivity index (χ2n) is 6.26. The number of nitrogens with zero attached hydrogens (tertiary/aromatic N) is 1. The quantitative estimate of drug-likeness (QED) is 0.623. The summed E-state index contributed by atoms with van der Waals surface area (Å²) in [6, 6.07) is 5.74. The van der Waals surface area contributed by atoms with Gasteiger partial charge in [-0.1, -0.05) is 32.4 Å². The smallest absolute Gasteiger partial charge is 0.387 e. The Balaban J connectivity index is 1.93. The first kappa shape index (κ1) is 21.9. The van der Waals surface area contributed by atoms with Crippen molar-refractivity contribution < 1.29 is 27.9 Å². The van der Waals surface area contributed by atoms with Crippen molar-refractivity contribution in [1.82, 2.24) is 10.2 Å². The predicted molar refractivity (Wildman–Crippen MR) is 103 cm³/mol. The van der Waals surface area contributed by atoms with Gasteiger partial charge in [-0.2, -0.15) is 8.78 Å². The van der Waals surface area contributed by atoms with Gasteiger partial charge < -0.3 is 10.1 Å². The Hall–Kier alpha value is -2.42. The maximum Gasteiger partial charge on any atom is 0.387 e. The van der Waals surface area contributed by atoms with Crippen molar-refractivity contribution in [1.29, 1.82) is 0 Å². The van der Waals surface area contributed by atoms with E-state index in [1.54, 1.807) is 0 Å². The largest absolute Gasteiger partial charge is 0.435 e. The fourth-order valence-electron chi connectivity index (χ4n) is 2.62. The van der Waals surface area contributed by atoms with Crippen LogP contribution in [0.1, 0.15) is 32.3 Å². The number of benzene rings is 1. The maximum atomic E-state index is 12.4. The lowest BCUT2D eigenvalue weighted by Gasteiger charge is -2.15. The molecule has 28 heavy (non-hydrogen) atoms. The maximum absolute atomic E-state index is 12.4. The van der Waals surface area contributed by atoms with Crippen LogP contribution < -0.4 is 10.1 Å². The molecule has 152 valence electrons. The normalized spacial score (nSPS) is 16.8. The summed E-state index contributed by atoms with van der Waals surface area (Å²) < 4.78 is 28.6. The van der Waals surface area contributed by atoms with Gasteiger partial charge in [0.1, 0.15) is 5.75 Å². The van der Waals surface area contributed by atoms with Crippen LogP contribution >= 0.6 is 11.8 Å². The Bertz CT molecular complexity index is 753. The molecular weight excluding hydrogens is 390 g/mol. The third-order valence-corrected chi connectivity index (χ3v) is 4.99. The summed E-state index contributed by atoms with van der Waals surface area (Å²) in [7, 11) is 0. The zero-order valence-electron chi connectivity index (χ0n) is 15.6. The molecule has 0 radical (unpaired) electrons. The Morgan fingerprint density at radius 2 is 1.96 bits per heavy atom. The predicted octanol–water partition coefficient (Wildman–Crippen LogP) is 3.88. The minimum atomic E-state index is -2.91. The van der Waals surface area contributed by atoms with E-state index in [9.17, 15) is 23.2 Å². The second kappa shape index (κ2) is 10.2. The Morgan fingerprint density at radius 1 is 1.29 bits per heavy atom. The molecule has 1 aliphatic rings. The number of nitrogens with one attached hydrogen (secondary N) is 1. The van der Waals surface area contributed by atoms with Crippen molar-refractivity contribution >= 4 is 34.9 Å². The number of carbonyl (C=O) groups excluding carboxylic acids is 3. The summed E-state index contributed by atoms with van der Waals surface area (Å²) in [6.45, 7) is 1.20. The van der Waals surface area contributed by atoms with Crippen LogP contribution in [0, 0.1) is 5.92 Å². The highest BCUT2D eigenvalue weighted by Crippen LogP contribution is 2.32. The molecule has 1 N–H and O–H groups in total. The topological polar surface area (TPSA) is 75.7 Å². The molecule has 1 fully saturated rings. The summed E-state index contributed by atoms with van der Waals surface area (Å²) in [5.41, 5.74) is 0.578. The van der Waals surface area contributed by atoms with Gasteiger partial charge in [-0.15, -0.1) is 0 Å². The number of alkyl halides is 2. The van der Waals surface area contributed by atoms with E-state index in [0.717, 1.165) is 29.5 Å². The van der Waals surface area contributed by atoms with Gasteiger partial charge in [-0.3, -0.25) is 19.3 Å². The average molecular weight is 412 g/mol. The van der Waals surface area contributed by atoms with E-state index >= 15 is 0 Å². The summed E-state index contributed by atoms with van der Waals surface area (Å²) in [5.74, 6) is -0.653. The molecule has 0 bridgehead atoms. The summed E-state index contributed by atoms with van der Waals surface area (Å²) >= 11 is 0.799. The van der Waals surface area contributed by atoms with Gasteiger partial charge in [0.15, 0.2) is 0 Å². The standard InChI is InChI=1S/C19H22F2N2O4S/c1-3-4-12(2)16(24)22-9-10-23-17(25)15(28-19(23)26)11-13-5-7-14(8-6-13)27-18(20)21/h5-8,11-12,18H,3-4,9-10H2,1-2H3,(H,22,24)/b15-11-. The van der Waals surface area contributed by atoms with Crippen molar-refractivity contribution in [3.63, 3.8) is 0 Å². The number of thioether (sulfide) groups is 1. The molecule has 1 atom stereocenters. The van der Waals surface area contributed by atoms with Gasteiger partial charge >= 0.3 is 6.61 Å². The first-order valence-corrected chi connectivity index (χ1v) is 9.71. The van der Waals surface area contributed by atoms with Gasteiger partial charge in [0, 0.05) is 19.0 Å². The van der Waals surface area contributed by atoms with Crippen LogP contribution in [-0.4, -0.2) is 41.7 Å². The van der Waals surface area contributed by atoms with Crippen molar-refractivity contribution in [3.05, 3.63) is 34.7 Å². The lowest BCUT2D eigenvalue weighted by molar-refractivity contribution is -0.126. The minimum Gasteiger partial charge on any atom is -0.435 e. The van der Waals surface area contributed by atoms with E-state index in [1.165, 1.54) is 30.3 Å². The molecule has 1 aromatic carbocycles. The molecule has 2 rings (SSSR count). The molecule has 1 saturated heterocycles. The molecule has 9 heteroatoms. The minimum absolute atomic E-state index is 0.00768. The fourth-order valence-corrected chi connectivity index (χ4v) is 3.48. The van der Waals surface area contributed by atoms with Crippen molar-refractivity contribution in [2.45, 2.75) is 33.3 Å². The lowest BCUT2D eigenvalue weighted by atomic mass is 10.1. The van der Waals surface area contributed by atoms with Gasteiger partial charge in [0.25, 0.3) is 11.1 Å². The van der Waals surface area contributed by atoms with Crippen molar-refractivity contribution in [2.24, 2.45) is 5.92 Å². The molecule has 1 aromatic rings. The Kier molecular flexibility index (Phi) is 7.98. The van der Waals surface area contributed by atoms with Crippen LogP contribution in [0.15, 0.2) is 29.2 Å². The van der Waals surface area contributed by atoms with E-state index in [-0.39, 0.29) is 35.6 Å². The second-order valence-corrected chi connectivity index (χ2v) is 7.25. The Morgan fingerprint density at radius 3 is 2.57 bits per heavy atom. The number of hydrogen-bond acceptors (Lipinski definition) is 5. The van der Waals surface area contributed by atoms with Crippen LogP contribution in [0.3, 0.4) is 0 Å². The molecular formula is C19H22F2N2O4S. The van der Waals surface area contributed by atoms with E-state index in [1.807, 2.05) is 13.8 Å². The van der Waals surface area contributed by atoms with E-state index < -0.39 is 17.8 Å². The number of ether oxygens (including phenoxy) is 1. The zero-order valence-corrected chi connectivity index (χ0v) is 16.4. The highest BCUT2D eigenvalue weighted by atomic mass is 32.2. The van der Waals surface area contributed by atoms with Crippen LogP contribution in [0.5, 0.6) is 5.75 Å². The monoisotopic (exact) mass is 412 g/mol. The first-order chi connectivity index (χ1) is 13.3. The van der Waals surface area contributed by atoms with Gasteiger partial charge in [-0.25, -0.2) is 0 Å². The van der Waals surface area contributed by atoms with E-state index in [2.05, 4.69) is 10.1 Å². The third kappa shape index (κ3) is 6.05. The van der Waals surface area contributed by atoms with Crippen LogP contribution in [0.4, 0.5) is 13.6 Å². The summed E-state index contributed by atoms with van der Waals surface area (Å²) in [6.07, 6.45) is 3.19. The molecule has 0 saturated carbocycles. The van der Waals surface area contributed by atoms with Crippen LogP contribution in [0.25, 0.3) is 6.08 Å². The van der Waals surface area contributed by atoms with Crippen LogP contribution in [0.2, 0.25) is 0 Å². The van der Waals surface area contributed by atoms with E-state index in [4.69, 9.17) is 0 Å².